The average Bonchev–Trinajstić information content (AvgIpc) is 3.17. The Balaban J connectivity index is 1.64. The first-order chi connectivity index (χ1) is 11.0. The fourth-order valence-electron chi connectivity index (χ4n) is 2.76. The molecule has 1 aliphatic heterocycles. The summed E-state index contributed by atoms with van der Waals surface area (Å²) in [7, 11) is 0. The van der Waals surface area contributed by atoms with E-state index < -0.39 is 0 Å². The third kappa shape index (κ3) is 3.45. The minimum absolute atomic E-state index is 0.0181. The largest absolute Gasteiger partial charge is 0.351 e. The standard InChI is InChI=1S/C18H20N2O2S/c1-12-5-6-15(8-13(12)2)20-11-14(9-17(20)21)18(22)19-10-16-4-3-7-23-16/h3-8,14H,9-11H2,1-2H3,(H,19,22)/t14-/m1/s1. The van der Waals surface area contributed by atoms with Crippen molar-refractivity contribution in [3.63, 3.8) is 0 Å². The number of hydrogen-bond acceptors (Lipinski definition) is 3. The van der Waals surface area contributed by atoms with Crippen molar-refractivity contribution < 1.29 is 9.59 Å². The molecule has 0 radical (unpaired) electrons. The van der Waals surface area contributed by atoms with E-state index in [1.54, 1.807) is 16.2 Å². The third-order valence-corrected chi connectivity index (χ3v) is 5.19. The SMILES string of the molecule is Cc1ccc(N2C[C@H](C(=O)NCc3cccs3)CC2=O)cc1C. The topological polar surface area (TPSA) is 49.4 Å². The lowest BCUT2D eigenvalue weighted by Crippen LogP contribution is -2.32. The smallest absolute Gasteiger partial charge is 0.227 e. The van der Waals surface area contributed by atoms with Gasteiger partial charge in [0.15, 0.2) is 0 Å². The van der Waals surface area contributed by atoms with Crippen LogP contribution in [0.3, 0.4) is 0 Å². The number of carbonyl (C=O) groups is 2. The number of benzene rings is 1. The molecule has 1 aromatic carbocycles. The van der Waals surface area contributed by atoms with Crippen LogP contribution >= 0.6 is 11.3 Å². The number of carbonyl (C=O) groups excluding carboxylic acids is 2. The zero-order valence-electron chi connectivity index (χ0n) is 13.3. The summed E-state index contributed by atoms with van der Waals surface area (Å²) in [6.07, 6.45) is 0.281. The van der Waals surface area contributed by atoms with E-state index in [-0.39, 0.29) is 24.2 Å². The van der Waals surface area contributed by atoms with Gasteiger partial charge in [-0.05, 0) is 48.6 Å². The molecular weight excluding hydrogens is 308 g/mol. The second-order valence-corrected chi connectivity index (χ2v) is 7.00. The van der Waals surface area contributed by atoms with E-state index in [0.29, 0.717) is 13.1 Å². The van der Waals surface area contributed by atoms with Crippen molar-refractivity contribution in [1.82, 2.24) is 5.32 Å². The molecule has 1 fully saturated rings. The van der Waals surface area contributed by atoms with E-state index in [1.807, 2.05) is 49.6 Å². The molecule has 2 amide bonds. The molecule has 2 heterocycles. The highest BCUT2D eigenvalue weighted by Gasteiger charge is 2.35. The fraction of sp³-hybridized carbons (Fsp3) is 0.333. The van der Waals surface area contributed by atoms with Crippen molar-refractivity contribution in [2.45, 2.75) is 26.8 Å². The molecule has 1 aromatic heterocycles. The van der Waals surface area contributed by atoms with Crippen LogP contribution < -0.4 is 10.2 Å². The normalized spacial score (nSPS) is 17.6. The van der Waals surface area contributed by atoms with Gasteiger partial charge in [-0.3, -0.25) is 9.59 Å². The third-order valence-electron chi connectivity index (χ3n) is 4.31. The summed E-state index contributed by atoms with van der Waals surface area (Å²) >= 11 is 1.62. The lowest BCUT2D eigenvalue weighted by molar-refractivity contribution is -0.126. The molecule has 4 nitrogen and oxygen atoms in total. The second kappa shape index (κ2) is 6.54. The number of aryl methyl sites for hydroxylation is 2. The first kappa shape index (κ1) is 15.7. The maximum Gasteiger partial charge on any atom is 0.227 e. The fourth-order valence-corrected chi connectivity index (χ4v) is 3.40. The van der Waals surface area contributed by atoms with Gasteiger partial charge in [-0.2, -0.15) is 0 Å². The lowest BCUT2D eigenvalue weighted by Gasteiger charge is -2.18. The van der Waals surface area contributed by atoms with Gasteiger partial charge in [0, 0.05) is 23.5 Å². The Bertz CT molecular complexity index is 725. The zero-order chi connectivity index (χ0) is 16.4. The summed E-state index contributed by atoms with van der Waals surface area (Å²) in [6, 6.07) is 9.94. The van der Waals surface area contributed by atoms with Crippen LogP contribution in [0, 0.1) is 19.8 Å². The molecule has 0 spiro atoms. The van der Waals surface area contributed by atoms with E-state index in [9.17, 15) is 9.59 Å². The highest BCUT2D eigenvalue weighted by molar-refractivity contribution is 7.09. The molecule has 1 atom stereocenters. The van der Waals surface area contributed by atoms with E-state index in [4.69, 9.17) is 0 Å². The average molecular weight is 328 g/mol. The number of anilines is 1. The quantitative estimate of drug-likeness (QED) is 0.938. The molecule has 0 unspecified atom stereocenters. The molecule has 5 heteroatoms. The molecule has 0 saturated carbocycles. The van der Waals surface area contributed by atoms with E-state index >= 15 is 0 Å². The number of thiophene rings is 1. The molecule has 120 valence electrons. The van der Waals surface area contributed by atoms with Gasteiger partial charge in [-0.15, -0.1) is 11.3 Å². The Hall–Kier alpha value is -2.14. The maximum absolute atomic E-state index is 12.3. The summed E-state index contributed by atoms with van der Waals surface area (Å²) in [5, 5.41) is 4.92. The molecule has 1 saturated heterocycles. The summed E-state index contributed by atoms with van der Waals surface area (Å²) in [6.45, 7) is 5.07. The molecule has 0 aliphatic carbocycles. The summed E-state index contributed by atoms with van der Waals surface area (Å²) in [5.74, 6) is -0.299. The van der Waals surface area contributed by atoms with Gasteiger partial charge >= 0.3 is 0 Å². The van der Waals surface area contributed by atoms with Crippen molar-refractivity contribution in [2.24, 2.45) is 5.92 Å². The van der Waals surface area contributed by atoms with Crippen molar-refractivity contribution >= 4 is 28.8 Å². The number of nitrogens with one attached hydrogen (secondary N) is 1. The van der Waals surface area contributed by atoms with Crippen molar-refractivity contribution in [1.29, 1.82) is 0 Å². The van der Waals surface area contributed by atoms with Gasteiger partial charge in [0.1, 0.15) is 0 Å². The van der Waals surface area contributed by atoms with Crippen molar-refractivity contribution in [3.05, 3.63) is 51.7 Å². The first-order valence-corrected chi connectivity index (χ1v) is 8.60. The minimum Gasteiger partial charge on any atom is -0.351 e. The van der Waals surface area contributed by atoms with Gasteiger partial charge in [0.2, 0.25) is 11.8 Å². The highest BCUT2D eigenvalue weighted by Crippen LogP contribution is 2.27. The van der Waals surface area contributed by atoms with Crippen LogP contribution in [0.15, 0.2) is 35.7 Å². The van der Waals surface area contributed by atoms with Crippen molar-refractivity contribution in [2.75, 3.05) is 11.4 Å². The van der Waals surface area contributed by atoms with Gasteiger partial charge < -0.3 is 10.2 Å². The number of nitrogens with zero attached hydrogens (tertiary/aromatic N) is 1. The predicted molar refractivity (Wildman–Crippen MR) is 92.5 cm³/mol. The number of amides is 2. The second-order valence-electron chi connectivity index (χ2n) is 5.97. The molecule has 1 N–H and O–H groups in total. The zero-order valence-corrected chi connectivity index (χ0v) is 14.2. The van der Waals surface area contributed by atoms with E-state index in [2.05, 4.69) is 5.32 Å². The van der Waals surface area contributed by atoms with Crippen LogP contribution in [0.5, 0.6) is 0 Å². The first-order valence-electron chi connectivity index (χ1n) is 7.72. The molecule has 0 bridgehead atoms. The summed E-state index contributed by atoms with van der Waals surface area (Å²) in [4.78, 5) is 27.4. The Labute approximate surface area is 140 Å². The maximum atomic E-state index is 12.3. The Morgan fingerprint density at radius 3 is 2.83 bits per heavy atom. The van der Waals surface area contributed by atoms with Crippen LogP contribution in [-0.4, -0.2) is 18.4 Å². The molecular formula is C18H20N2O2S. The Morgan fingerprint density at radius 2 is 2.13 bits per heavy atom. The Kier molecular flexibility index (Phi) is 4.48. The molecule has 3 rings (SSSR count). The van der Waals surface area contributed by atoms with Gasteiger partial charge in [-0.1, -0.05) is 12.1 Å². The monoisotopic (exact) mass is 328 g/mol. The molecule has 2 aromatic rings. The summed E-state index contributed by atoms with van der Waals surface area (Å²) in [5.41, 5.74) is 3.23. The van der Waals surface area contributed by atoms with Crippen LogP contribution in [0.4, 0.5) is 5.69 Å². The van der Waals surface area contributed by atoms with Crippen LogP contribution in [0.25, 0.3) is 0 Å². The van der Waals surface area contributed by atoms with Crippen LogP contribution in [-0.2, 0) is 16.1 Å². The van der Waals surface area contributed by atoms with Gasteiger partial charge in [0.25, 0.3) is 0 Å². The highest BCUT2D eigenvalue weighted by atomic mass is 32.1. The van der Waals surface area contributed by atoms with Crippen LogP contribution in [0.2, 0.25) is 0 Å². The minimum atomic E-state index is -0.274. The molecule has 23 heavy (non-hydrogen) atoms. The number of hydrogen-bond donors (Lipinski definition) is 1. The summed E-state index contributed by atoms with van der Waals surface area (Å²) < 4.78 is 0. The van der Waals surface area contributed by atoms with Gasteiger partial charge in [-0.25, -0.2) is 0 Å². The van der Waals surface area contributed by atoms with Crippen LogP contribution in [0.1, 0.15) is 22.4 Å². The molecule has 1 aliphatic rings. The van der Waals surface area contributed by atoms with E-state index in [0.717, 1.165) is 16.1 Å². The van der Waals surface area contributed by atoms with Crippen molar-refractivity contribution in [3.8, 4) is 0 Å². The predicted octanol–water partition coefficient (Wildman–Crippen LogP) is 3.03. The number of rotatable bonds is 4. The van der Waals surface area contributed by atoms with E-state index in [1.165, 1.54) is 5.56 Å². The lowest BCUT2D eigenvalue weighted by atomic mass is 10.1. The Morgan fingerprint density at radius 1 is 1.30 bits per heavy atom. The van der Waals surface area contributed by atoms with Gasteiger partial charge in [0.05, 0.1) is 12.5 Å².